The summed E-state index contributed by atoms with van der Waals surface area (Å²) >= 11 is 0. The van der Waals surface area contributed by atoms with Crippen LogP contribution in [-0.4, -0.2) is 52.4 Å². The fraction of sp³-hybridized carbons (Fsp3) is 0.360. The Labute approximate surface area is 182 Å². The number of amides is 1. The number of aromatic nitrogens is 2. The van der Waals surface area contributed by atoms with E-state index in [2.05, 4.69) is 34.8 Å². The number of rotatable bonds is 4. The van der Waals surface area contributed by atoms with Crippen molar-refractivity contribution < 1.29 is 14.3 Å². The molecule has 0 N–H and O–H groups in total. The second-order valence-corrected chi connectivity index (χ2v) is 8.30. The molecule has 0 atom stereocenters. The molecular weight excluding hydrogens is 390 g/mol. The number of carbonyl (C=O) groups is 1. The van der Waals surface area contributed by atoms with E-state index in [9.17, 15) is 4.79 Å². The lowest BCUT2D eigenvalue weighted by Crippen LogP contribution is -2.47. The van der Waals surface area contributed by atoms with Crippen molar-refractivity contribution in [3.05, 3.63) is 77.9 Å². The van der Waals surface area contributed by atoms with E-state index in [1.165, 1.54) is 11.1 Å². The van der Waals surface area contributed by atoms with E-state index in [1.54, 1.807) is 12.4 Å². The SMILES string of the molecule is Cc1ccccc1Cn1cc(-c2ccncc2)cc1C(=O)N1CCC2(CC1)OCCO2. The predicted octanol–water partition coefficient (Wildman–Crippen LogP) is 3.89. The van der Waals surface area contributed by atoms with Gasteiger partial charge in [-0.15, -0.1) is 0 Å². The first-order valence-corrected chi connectivity index (χ1v) is 10.9. The molecule has 6 nitrogen and oxygen atoms in total. The average molecular weight is 418 g/mol. The minimum atomic E-state index is -0.484. The summed E-state index contributed by atoms with van der Waals surface area (Å²) in [5, 5.41) is 0. The first-order valence-electron chi connectivity index (χ1n) is 10.9. The van der Waals surface area contributed by atoms with Crippen molar-refractivity contribution in [2.45, 2.75) is 32.1 Å². The normalized spacial score (nSPS) is 17.9. The highest BCUT2D eigenvalue weighted by Crippen LogP contribution is 2.32. The van der Waals surface area contributed by atoms with E-state index >= 15 is 0 Å². The molecule has 2 aliphatic rings. The largest absolute Gasteiger partial charge is 0.347 e. The molecule has 0 unspecified atom stereocenters. The lowest BCUT2D eigenvalue weighted by molar-refractivity contribution is -0.181. The zero-order chi connectivity index (χ0) is 21.3. The molecule has 160 valence electrons. The lowest BCUT2D eigenvalue weighted by atomic mass is 10.0. The first-order chi connectivity index (χ1) is 15.1. The standard InChI is InChI=1S/C25H27N3O3/c1-19-4-2-3-5-21(19)17-28-18-22(20-6-10-26-11-7-20)16-23(28)24(29)27-12-8-25(9-13-27)30-14-15-31-25/h2-7,10-11,16,18H,8-9,12-15,17H2,1H3. The summed E-state index contributed by atoms with van der Waals surface area (Å²) in [5.74, 6) is -0.427. The molecule has 0 aliphatic carbocycles. The van der Waals surface area contributed by atoms with Gasteiger partial charge in [-0.3, -0.25) is 9.78 Å². The fourth-order valence-electron chi connectivity index (χ4n) is 4.49. The van der Waals surface area contributed by atoms with Gasteiger partial charge >= 0.3 is 0 Å². The first kappa shape index (κ1) is 20.0. The van der Waals surface area contributed by atoms with Crippen LogP contribution in [0.3, 0.4) is 0 Å². The quantitative estimate of drug-likeness (QED) is 0.646. The highest BCUT2D eigenvalue weighted by Gasteiger charge is 2.41. The molecule has 6 heteroatoms. The highest BCUT2D eigenvalue weighted by atomic mass is 16.7. The number of pyridine rings is 1. The van der Waals surface area contributed by atoms with Gasteiger partial charge in [0.05, 0.1) is 13.2 Å². The minimum Gasteiger partial charge on any atom is -0.347 e. The lowest BCUT2D eigenvalue weighted by Gasteiger charge is -2.37. The Morgan fingerprint density at radius 3 is 2.45 bits per heavy atom. The maximum Gasteiger partial charge on any atom is 0.270 e. The van der Waals surface area contributed by atoms with E-state index in [1.807, 2.05) is 35.2 Å². The van der Waals surface area contributed by atoms with Crippen LogP contribution in [0.2, 0.25) is 0 Å². The number of aryl methyl sites for hydroxylation is 1. The van der Waals surface area contributed by atoms with Gasteiger partial charge < -0.3 is 18.9 Å². The van der Waals surface area contributed by atoms with Crippen molar-refractivity contribution in [1.29, 1.82) is 0 Å². The van der Waals surface area contributed by atoms with Gasteiger partial charge in [0.15, 0.2) is 5.79 Å². The van der Waals surface area contributed by atoms with E-state index in [0.29, 0.717) is 51.4 Å². The number of carbonyl (C=O) groups excluding carboxylic acids is 1. The Morgan fingerprint density at radius 1 is 1.03 bits per heavy atom. The maximum absolute atomic E-state index is 13.6. The van der Waals surface area contributed by atoms with Crippen molar-refractivity contribution in [2.75, 3.05) is 26.3 Å². The topological polar surface area (TPSA) is 56.6 Å². The molecule has 2 aromatic heterocycles. The Bertz CT molecular complexity index is 1060. The predicted molar refractivity (Wildman–Crippen MR) is 118 cm³/mol. The molecule has 3 aromatic rings. The summed E-state index contributed by atoms with van der Waals surface area (Å²) in [5.41, 5.74) is 5.21. The third-order valence-electron chi connectivity index (χ3n) is 6.36. The van der Waals surface area contributed by atoms with Crippen LogP contribution in [0.1, 0.15) is 34.5 Å². The third kappa shape index (κ3) is 4.01. The smallest absolute Gasteiger partial charge is 0.270 e. The number of likely N-dealkylation sites (tertiary alicyclic amines) is 1. The van der Waals surface area contributed by atoms with E-state index in [4.69, 9.17) is 9.47 Å². The van der Waals surface area contributed by atoms with Gasteiger partial charge in [0.2, 0.25) is 0 Å². The number of hydrogen-bond acceptors (Lipinski definition) is 4. The number of hydrogen-bond donors (Lipinski definition) is 0. The molecule has 2 aliphatic heterocycles. The van der Waals surface area contributed by atoms with Crippen LogP contribution in [0.4, 0.5) is 0 Å². The molecule has 2 fully saturated rings. The van der Waals surface area contributed by atoms with Gasteiger partial charge in [-0.2, -0.15) is 0 Å². The van der Waals surface area contributed by atoms with E-state index in [-0.39, 0.29) is 5.91 Å². The zero-order valence-electron chi connectivity index (χ0n) is 17.8. The van der Waals surface area contributed by atoms with E-state index in [0.717, 1.165) is 11.1 Å². The van der Waals surface area contributed by atoms with Gasteiger partial charge in [0, 0.05) is 56.6 Å². The van der Waals surface area contributed by atoms with Gasteiger partial charge in [0.25, 0.3) is 5.91 Å². The molecule has 1 amide bonds. The Hall–Kier alpha value is -2.96. The van der Waals surface area contributed by atoms with Gasteiger partial charge in [-0.05, 0) is 41.8 Å². The summed E-state index contributed by atoms with van der Waals surface area (Å²) < 4.78 is 13.7. The van der Waals surface area contributed by atoms with Crippen molar-refractivity contribution in [3.63, 3.8) is 0 Å². The molecular formula is C25H27N3O3. The number of nitrogens with zero attached hydrogens (tertiary/aromatic N) is 3. The van der Waals surface area contributed by atoms with Crippen LogP contribution < -0.4 is 0 Å². The summed E-state index contributed by atoms with van der Waals surface area (Å²) in [6, 6.07) is 14.3. The molecule has 0 bridgehead atoms. The second kappa shape index (κ2) is 8.29. The third-order valence-corrected chi connectivity index (χ3v) is 6.36. The van der Waals surface area contributed by atoms with E-state index < -0.39 is 5.79 Å². The number of ether oxygens (including phenoxy) is 2. The molecule has 0 saturated carbocycles. The number of piperidine rings is 1. The van der Waals surface area contributed by atoms with Crippen LogP contribution in [0, 0.1) is 6.92 Å². The van der Waals surface area contributed by atoms with Gasteiger partial charge in [-0.25, -0.2) is 0 Å². The van der Waals surface area contributed by atoms with Gasteiger partial charge in [-0.1, -0.05) is 24.3 Å². The molecule has 1 aromatic carbocycles. The van der Waals surface area contributed by atoms with Crippen LogP contribution in [0.5, 0.6) is 0 Å². The molecule has 2 saturated heterocycles. The average Bonchev–Trinajstić information content (AvgIpc) is 3.44. The molecule has 31 heavy (non-hydrogen) atoms. The molecule has 0 radical (unpaired) electrons. The van der Waals surface area contributed by atoms with Crippen molar-refractivity contribution in [3.8, 4) is 11.1 Å². The Morgan fingerprint density at radius 2 is 1.74 bits per heavy atom. The summed E-state index contributed by atoms with van der Waals surface area (Å²) in [6.07, 6.45) is 7.06. The fourth-order valence-corrected chi connectivity index (χ4v) is 4.49. The molecule has 4 heterocycles. The van der Waals surface area contributed by atoms with Crippen LogP contribution in [0.15, 0.2) is 61.1 Å². The van der Waals surface area contributed by atoms with Gasteiger partial charge in [0.1, 0.15) is 5.69 Å². The summed E-state index contributed by atoms with van der Waals surface area (Å²) in [7, 11) is 0. The zero-order valence-corrected chi connectivity index (χ0v) is 17.8. The highest BCUT2D eigenvalue weighted by molar-refractivity contribution is 5.94. The van der Waals surface area contributed by atoms with Crippen molar-refractivity contribution in [1.82, 2.24) is 14.5 Å². The molecule has 5 rings (SSSR count). The van der Waals surface area contributed by atoms with Crippen LogP contribution in [-0.2, 0) is 16.0 Å². The summed E-state index contributed by atoms with van der Waals surface area (Å²) in [4.78, 5) is 19.6. The molecule has 1 spiro atoms. The summed E-state index contributed by atoms with van der Waals surface area (Å²) in [6.45, 7) is 5.32. The van der Waals surface area contributed by atoms with Crippen molar-refractivity contribution in [2.24, 2.45) is 0 Å². The second-order valence-electron chi connectivity index (χ2n) is 8.30. The maximum atomic E-state index is 13.6. The van der Waals surface area contributed by atoms with Crippen LogP contribution >= 0.6 is 0 Å². The Kier molecular flexibility index (Phi) is 5.34. The van der Waals surface area contributed by atoms with Crippen molar-refractivity contribution >= 4 is 5.91 Å². The monoisotopic (exact) mass is 417 g/mol. The minimum absolute atomic E-state index is 0.0572. The van der Waals surface area contributed by atoms with Crippen LogP contribution in [0.25, 0.3) is 11.1 Å². The number of benzene rings is 1. The Balaban J connectivity index is 1.44.